The number of aryl methyl sites for hydroxylation is 1. The average molecular weight is 451 g/mol. The molecular formula is C27H26N6O. The van der Waals surface area contributed by atoms with Crippen LogP contribution < -0.4 is 10.2 Å². The van der Waals surface area contributed by atoms with Crippen molar-refractivity contribution in [2.24, 2.45) is 5.10 Å². The lowest BCUT2D eigenvalue weighted by Crippen LogP contribution is -2.03. The van der Waals surface area contributed by atoms with E-state index in [0.717, 1.165) is 58.3 Å². The third-order valence-electron chi connectivity index (χ3n) is 5.63. The third kappa shape index (κ3) is 4.59. The molecule has 5 rings (SSSR count). The van der Waals surface area contributed by atoms with E-state index in [4.69, 9.17) is 9.72 Å². The number of unbranched alkanes of at least 4 members (excludes halogenated alkanes) is 1. The zero-order valence-corrected chi connectivity index (χ0v) is 19.1. The monoisotopic (exact) mass is 450 g/mol. The van der Waals surface area contributed by atoms with Crippen molar-refractivity contribution in [3.63, 3.8) is 0 Å². The minimum absolute atomic E-state index is 0.354. The molecule has 0 saturated heterocycles. The second-order valence-electron chi connectivity index (χ2n) is 8.01. The van der Waals surface area contributed by atoms with Crippen LogP contribution in [0.4, 0.5) is 5.95 Å². The number of ether oxygens (including phenoxy) is 1. The van der Waals surface area contributed by atoms with Crippen LogP contribution in [0.25, 0.3) is 22.1 Å². The Morgan fingerprint density at radius 1 is 0.941 bits per heavy atom. The average Bonchev–Trinajstić information content (AvgIpc) is 3.20. The molecule has 0 saturated carbocycles. The first-order valence-electron chi connectivity index (χ1n) is 11.5. The molecule has 1 N–H and O–H groups in total. The first-order chi connectivity index (χ1) is 16.8. The summed E-state index contributed by atoms with van der Waals surface area (Å²) in [4.78, 5) is 4.73. The van der Waals surface area contributed by atoms with Gasteiger partial charge in [-0.05, 0) is 30.2 Å². The molecule has 3 aromatic carbocycles. The van der Waals surface area contributed by atoms with Crippen molar-refractivity contribution in [3.05, 3.63) is 90.0 Å². The molecule has 7 nitrogen and oxygen atoms in total. The Kier molecular flexibility index (Phi) is 6.42. The smallest absolute Gasteiger partial charge is 0.265 e. The van der Waals surface area contributed by atoms with Crippen LogP contribution in [-0.4, -0.2) is 26.0 Å². The van der Waals surface area contributed by atoms with Crippen molar-refractivity contribution in [1.82, 2.24) is 19.7 Å². The fourth-order valence-electron chi connectivity index (χ4n) is 3.91. The normalized spacial score (nSPS) is 11.4. The van der Waals surface area contributed by atoms with E-state index in [2.05, 4.69) is 44.3 Å². The molecule has 170 valence electrons. The lowest BCUT2D eigenvalue weighted by Gasteiger charge is -2.09. The summed E-state index contributed by atoms with van der Waals surface area (Å²) in [5.41, 5.74) is 7.64. The molecule has 0 amide bonds. The van der Waals surface area contributed by atoms with Crippen LogP contribution in [0.15, 0.2) is 84.0 Å². The SMILES string of the molecule is CCCCn1c2ccccc2c2nnc(N/N=C/c3ccccc3OCc3ccccc3)nc21. The van der Waals surface area contributed by atoms with Crippen molar-refractivity contribution < 1.29 is 4.74 Å². The molecule has 0 aliphatic rings. The van der Waals surface area contributed by atoms with Gasteiger partial charge < -0.3 is 9.30 Å². The van der Waals surface area contributed by atoms with Crippen LogP contribution in [0.2, 0.25) is 0 Å². The van der Waals surface area contributed by atoms with Crippen molar-refractivity contribution in [2.45, 2.75) is 32.9 Å². The van der Waals surface area contributed by atoms with Gasteiger partial charge in [-0.1, -0.05) is 74.0 Å². The summed E-state index contributed by atoms with van der Waals surface area (Å²) in [6.45, 7) is 3.56. The van der Waals surface area contributed by atoms with Gasteiger partial charge >= 0.3 is 0 Å². The van der Waals surface area contributed by atoms with Gasteiger partial charge in [0.2, 0.25) is 0 Å². The molecule has 0 atom stereocenters. The zero-order chi connectivity index (χ0) is 23.2. The number of anilines is 1. The summed E-state index contributed by atoms with van der Waals surface area (Å²) in [6.07, 6.45) is 3.88. The van der Waals surface area contributed by atoms with E-state index in [-0.39, 0.29) is 0 Å². The fourth-order valence-corrected chi connectivity index (χ4v) is 3.91. The molecule has 0 bridgehead atoms. The van der Waals surface area contributed by atoms with E-state index in [1.807, 2.05) is 66.7 Å². The van der Waals surface area contributed by atoms with Gasteiger partial charge in [-0.15, -0.1) is 10.2 Å². The maximum atomic E-state index is 6.00. The number of rotatable bonds is 9. The Labute approximate surface area is 198 Å². The minimum Gasteiger partial charge on any atom is -0.488 e. The van der Waals surface area contributed by atoms with Crippen LogP contribution in [-0.2, 0) is 13.2 Å². The molecule has 0 radical (unpaired) electrons. The van der Waals surface area contributed by atoms with Gasteiger partial charge in [-0.2, -0.15) is 10.1 Å². The number of hydrazone groups is 1. The summed E-state index contributed by atoms with van der Waals surface area (Å²) in [5, 5.41) is 14.1. The van der Waals surface area contributed by atoms with E-state index >= 15 is 0 Å². The second kappa shape index (κ2) is 10.1. The number of nitrogens with one attached hydrogen (secondary N) is 1. The zero-order valence-electron chi connectivity index (χ0n) is 19.1. The fraction of sp³-hybridized carbons (Fsp3) is 0.185. The molecule has 0 spiro atoms. The highest BCUT2D eigenvalue weighted by atomic mass is 16.5. The predicted octanol–water partition coefficient (Wildman–Crippen LogP) is 5.80. The Bertz CT molecular complexity index is 1430. The number of aromatic nitrogens is 4. The summed E-state index contributed by atoms with van der Waals surface area (Å²) >= 11 is 0. The van der Waals surface area contributed by atoms with E-state index < -0.39 is 0 Å². The molecule has 5 aromatic rings. The highest BCUT2D eigenvalue weighted by molar-refractivity contribution is 6.04. The summed E-state index contributed by atoms with van der Waals surface area (Å²) < 4.78 is 8.22. The van der Waals surface area contributed by atoms with Crippen LogP contribution >= 0.6 is 0 Å². The molecule has 2 aromatic heterocycles. The van der Waals surface area contributed by atoms with E-state index in [1.54, 1.807) is 6.21 Å². The van der Waals surface area contributed by atoms with Crippen LogP contribution in [0.5, 0.6) is 5.75 Å². The molecule has 0 unspecified atom stereocenters. The lowest BCUT2D eigenvalue weighted by atomic mass is 10.2. The Balaban J connectivity index is 1.36. The van der Waals surface area contributed by atoms with Gasteiger partial charge in [0, 0.05) is 17.5 Å². The highest BCUT2D eigenvalue weighted by Gasteiger charge is 2.14. The molecule has 0 aliphatic heterocycles. The van der Waals surface area contributed by atoms with Crippen molar-refractivity contribution in [2.75, 3.05) is 5.43 Å². The van der Waals surface area contributed by atoms with Gasteiger partial charge in [0.05, 0.1) is 11.7 Å². The van der Waals surface area contributed by atoms with E-state index in [0.29, 0.717) is 12.6 Å². The van der Waals surface area contributed by atoms with E-state index in [9.17, 15) is 0 Å². The predicted molar refractivity (Wildman–Crippen MR) is 136 cm³/mol. The van der Waals surface area contributed by atoms with Gasteiger partial charge in [-0.25, -0.2) is 5.43 Å². The van der Waals surface area contributed by atoms with Gasteiger partial charge in [0.15, 0.2) is 5.65 Å². The van der Waals surface area contributed by atoms with Crippen LogP contribution in [0.1, 0.15) is 30.9 Å². The maximum absolute atomic E-state index is 6.00. The quantitative estimate of drug-likeness (QED) is 0.227. The number of fused-ring (bicyclic) bond motifs is 3. The number of para-hydroxylation sites is 2. The molecular weight excluding hydrogens is 424 g/mol. The summed E-state index contributed by atoms with van der Waals surface area (Å²) in [6, 6.07) is 26.1. The van der Waals surface area contributed by atoms with Crippen molar-refractivity contribution in [1.29, 1.82) is 0 Å². The number of hydrogen-bond donors (Lipinski definition) is 1. The molecule has 0 fully saturated rings. The Morgan fingerprint density at radius 2 is 1.74 bits per heavy atom. The molecule has 0 aliphatic carbocycles. The van der Waals surface area contributed by atoms with E-state index in [1.165, 1.54) is 0 Å². The Morgan fingerprint density at radius 3 is 2.62 bits per heavy atom. The maximum Gasteiger partial charge on any atom is 0.265 e. The summed E-state index contributed by atoms with van der Waals surface area (Å²) in [5.74, 6) is 1.11. The third-order valence-corrected chi connectivity index (χ3v) is 5.63. The molecule has 7 heteroatoms. The molecule has 2 heterocycles. The largest absolute Gasteiger partial charge is 0.488 e. The standard InChI is InChI=1S/C27H26N6O/c1-2-3-17-33-23-15-9-8-14-22(23)25-26(33)29-27(32-30-25)31-28-18-21-13-7-10-16-24(21)34-19-20-11-5-4-6-12-20/h4-16,18H,2-3,17,19H2,1H3,(H,29,31,32)/b28-18+. The topological polar surface area (TPSA) is 77.2 Å². The number of hydrogen-bond acceptors (Lipinski definition) is 6. The lowest BCUT2D eigenvalue weighted by molar-refractivity contribution is 0.306. The minimum atomic E-state index is 0.354. The Hall–Kier alpha value is -4.26. The van der Waals surface area contributed by atoms with Crippen molar-refractivity contribution in [3.8, 4) is 5.75 Å². The number of benzene rings is 3. The van der Waals surface area contributed by atoms with Crippen LogP contribution in [0.3, 0.4) is 0 Å². The van der Waals surface area contributed by atoms with Gasteiger partial charge in [0.25, 0.3) is 5.95 Å². The van der Waals surface area contributed by atoms with Gasteiger partial charge in [0.1, 0.15) is 17.9 Å². The van der Waals surface area contributed by atoms with Crippen LogP contribution in [0, 0.1) is 0 Å². The van der Waals surface area contributed by atoms with Gasteiger partial charge in [-0.3, -0.25) is 0 Å². The highest BCUT2D eigenvalue weighted by Crippen LogP contribution is 2.26. The summed E-state index contributed by atoms with van der Waals surface area (Å²) in [7, 11) is 0. The number of nitrogens with zero attached hydrogens (tertiary/aromatic N) is 5. The second-order valence-corrected chi connectivity index (χ2v) is 8.01. The van der Waals surface area contributed by atoms with Crippen molar-refractivity contribution >= 4 is 34.2 Å². The molecule has 34 heavy (non-hydrogen) atoms. The first kappa shape index (κ1) is 21.6. The first-order valence-corrected chi connectivity index (χ1v) is 11.5.